The Morgan fingerprint density at radius 3 is 1.95 bits per heavy atom. The molecule has 0 atom stereocenters. The van der Waals surface area contributed by atoms with Gasteiger partial charge in [0.15, 0.2) is 5.78 Å². The van der Waals surface area contributed by atoms with Crippen molar-refractivity contribution in [1.29, 1.82) is 0 Å². The number of allylic oxidation sites excluding steroid dienone is 6. The maximum atomic E-state index is 11.6. The molecule has 0 aliphatic rings. The minimum absolute atomic E-state index is 0.0798. The second-order valence-corrected chi connectivity index (χ2v) is 5.76. The van der Waals surface area contributed by atoms with E-state index in [4.69, 9.17) is 0 Å². The Bertz CT molecular complexity index is 419. The highest BCUT2D eigenvalue weighted by Gasteiger charge is 1.97. The first-order valence-electron chi connectivity index (χ1n) is 7.32. The minimum atomic E-state index is 0.0798. The molecule has 0 unspecified atom stereocenters. The standard InChI is InChI=1S/C18H28O2/c1-14(2)12-18(20)13-16(4)10-6-8-15(3)9-7-11-17(5)19/h9,12-13H,6-8,10-11H2,1-5H3. The molecular formula is C18H28O2. The van der Waals surface area contributed by atoms with Crippen LogP contribution in [0.4, 0.5) is 0 Å². The van der Waals surface area contributed by atoms with Crippen LogP contribution in [0.3, 0.4) is 0 Å². The lowest BCUT2D eigenvalue weighted by atomic mass is 10.0. The van der Waals surface area contributed by atoms with E-state index < -0.39 is 0 Å². The Labute approximate surface area is 123 Å². The Balaban J connectivity index is 4.05. The first-order valence-corrected chi connectivity index (χ1v) is 7.32. The van der Waals surface area contributed by atoms with Crippen LogP contribution in [0.2, 0.25) is 0 Å². The molecule has 0 aromatic rings. The van der Waals surface area contributed by atoms with Crippen molar-refractivity contribution in [2.45, 2.75) is 66.7 Å². The van der Waals surface area contributed by atoms with Crippen molar-refractivity contribution in [3.05, 3.63) is 34.9 Å². The van der Waals surface area contributed by atoms with E-state index in [0.717, 1.165) is 36.8 Å². The first-order chi connectivity index (χ1) is 9.31. The predicted octanol–water partition coefficient (Wildman–Crippen LogP) is 4.95. The largest absolute Gasteiger partial charge is 0.300 e. The molecule has 112 valence electrons. The van der Waals surface area contributed by atoms with E-state index in [1.54, 1.807) is 19.1 Å². The summed E-state index contributed by atoms with van der Waals surface area (Å²) in [6.07, 6.45) is 10.0. The molecule has 0 bridgehead atoms. The molecule has 0 aromatic heterocycles. The summed E-state index contributed by atoms with van der Waals surface area (Å²) in [4.78, 5) is 22.4. The van der Waals surface area contributed by atoms with Crippen LogP contribution in [-0.4, -0.2) is 11.6 Å². The van der Waals surface area contributed by atoms with Crippen LogP contribution in [0.25, 0.3) is 0 Å². The molecule has 0 radical (unpaired) electrons. The van der Waals surface area contributed by atoms with Crippen LogP contribution >= 0.6 is 0 Å². The van der Waals surface area contributed by atoms with E-state index in [2.05, 4.69) is 13.0 Å². The predicted molar refractivity (Wildman–Crippen MR) is 85.7 cm³/mol. The minimum Gasteiger partial charge on any atom is -0.300 e. The van der Waals surface area contributed by atoms with Crippen molar-refractivity contribution < 1.29 is 9.59 Å². The average molecular weight is 276 g/mol. The number of rotatable bonds is 9. The second-order valence-electron chi connectivity index (χ2n) is 5.76. The number of hydrogen-bond donors (Lipinski definition) is 0. The van der Waals surface area contributed by atoms with Crippen LogP contribution < -0.4 is 0 Å². The molecular weight excluding hydrogens is 248 g/mol. The molecule has 0 amide bonds. The van der Waals surface area contributed by atoms with Gasteiger partial charge in [0.1, 0.15) is 5.78 Å². The van der Waals surface area contributed by atoms with E-state index in [1.807, 2.05) is 20.8 Å². The van der Waals surface area contributed by atoms with Gasteiger partial charge in [0.2, 0.25) is 0 Å². The summed E-state index contributed by atoms with van der Waals surface area (Å²) in [5, 5.41) is 0. The highest BCUT2D eigenvalue weighted by molar-refractivity contribution is 5.99. The van der Waals surface area contributed by atoms with Crippen LogP contribution in [0, 0.1) is 0 Å². The van der Waals surface area contributed by atoms with Crippen molar-refractivity contribution in [3.8, 4) is 0 Å². The van der Waals surface area contributed by atoms with Crippen LogP contribution in [0.15, 0.2) is 34.9 Å². The van der Waals surface area contributed by atoms with Crippen molar-refractivity contribution in [2.75, 3.05) is 0 Å². The monoisotopic (exact) mass is 276 g/mol. The highest BCUT2D eigenvalue weighted by atomic mass is 16.1. The first kappa shape index (κ1) is 18.6. The second kappa shape index (κ2) is 10.4. The molecule has 0 fully saturated rings. The third-order valence-electron chi connectivity index (χ3n) is 2.95. The van der Waals surface area contributed by atoms with Crippen LogP contribution in [0.5, 0.6) is 0 Å². The zero-order valence-electron chi connectivity index (χ0n) is 13.6. The zero-order chi connectivity index (χ0) is 15.5. The lowest BCUT2D eigenvalue weighted by Crippen LogP contribution is -1.91. The quantitative estimate of drug-likeness (QED) is 0.441. The third kappa shape index (κ3) is 11.6. The molecule has 0 rings (SSSR count). The van der Waals surface area contributed by atoms with Crippen molar-refractivity contribution >= 4 is 11.6 Å². The molecule has 0 aliphatic heterocycles. The summed E-state index contributed by atoms with van der Waals surface area (Å²) >= 11 is 0. The smallest absolute Gasteiger partial charge is 0.178 e. The van der Waals surface area contributed by atoms with Gasteiger partial charge in [0.05, 0.1) is 0 Å². The molecule has 0 spiro atoms. The number of carbonyl (C=O) groups is 2. The molecule has 0 aliphatic carbocycles. The molecule has 0 aromatic carbocycles. The molecule has 0 heterocycles. The van der Waals surface area contributed by atoms with Gasteiger partial charge >= 0.3 is 0 Å². The molecule has 0 saturated heterocycles. The maximum absolute atomic E-state index is 11.6. The van der Waals surface area contributed by atoms with E-state index in [1.165, 1.54) is 5.57 Å². The van der Waals surface area contributed by atoms with Crippen LogP contribution in [0.1, 0.15) is 66.7 Å². The van der Waals surface area contributed by atoms with Gasteiger partial charge in [0.25, 0.3) is 0 Å². The summed E-state index contributed by atoms with van der Waals surface area (Å²) < 4.78 is 0. The van der Waals surface area contributed by atoms with Gasteiger partial charge in [-0.3, -0.25) is 4.79 Å². The Morgan fingerprint density at radius 1 is 0.800 bits per heavy atom. The fourth-order valence-electron chi connectivity index (χ4n) is 1.91. The third-order valence-corrected chi connectivity index (χ3v) is 2.95. The summed E-state index contributed by atoms with van der Waals surface area (Å²) in [6.45, 7) is 9.59. The maximum Gasteiger partial charge on any atom is 0.178 e. The molecule has 0 N–H and O–H groups in total. The van der Waals surface area contributed by atoms with Gasteiger partial charge in [-0.05, 0) is 72.5 Å². The number of Topliss-reactive ketones (excluding diaryl/α,β-unsaturated/α-hetero) is 1. The Hall–Kier alpha value is -1.44. The molecule has 2 heteroatoms. The van der Waals surface area contributed by atoms with Gasteiger partial charge in [0, 0.05) is 6.42 Å². The fourth-order valence-corrected chi connectivity index (χ4v) is 1.91. The summed E-state index contributed by atoms with van der Waals surface area (Å²) in [7, 11) is 0. The summed E-state index contributed by atoms with van der Waals surface area (Å²) in [5.74, 6) is 0.321. The molecule has 20 heavy (non-hydrogen) atoms. The Morgan fingerprint density at radius 2 is 1.40 bits per heavy atom. The van der Waals surface area contributed by atoms with Gasteiger partial charge < -0.3 is 4.79 Å². The van der Waals surface area contributed by atoms with E-state index >= 15 is 0 Å². The summed E-state index contributed by atoms with van der Waals surface area (Å²) in [5.41, 5.74) is 3.49. The van der Waals surface area contributed by atoms with E-state index in [0.29, 0.717) is 6.42 Å². The number of carbonyl (C=O) groups excluding carboxylic acids is 2. The van der Waals surface area contributed by atoms with Gasteiger partial charge in [-0.15, -0.1) is 0 Å². The van der Waals surface area contributed by atoms with Gasteiger partial charge in [-0.25, -0.2) is 0 Å². The van der Waals surface area contributed by atoms with Crippen molar-refractivity contribution in [1.82, 2.24) is 0 Å². The zero-order valence-corrected chi connectivity index (χ0v) is 13.6. The molecule has 2 nitrogen and oxygen atoms in total. The number of ketones is 2. The average Bonchev–Trinajstić information content (AvgIpc) is 2.26. The SMILES string of the molecule is CC(=O)CCC=C(C)CCCC(C)=CC(=O)C=C(C)C. The van der Waals surface area contributed by atoms with Gasteiger partial charge in [-0.1, -0.05) is 22.8 Å². The molecule has 0 saturated carbocycles. The summed E-state index contributed by atoms with van der Waals surface area (Å²) in [6, 6.07) is 0. The normalized spacial score (nSPS) is 12.2. The van der Waals surface area contributed by atoms with Gasteiger partial charge in [-0.2, -0.15) is 0 Å². The highest BCUT2D eigenvalue weighted by Crippen LogP contribution is 2.13. The van der Waals surface area contributed by atoms with E-state index in [-0.39, 0.29) is 11.6 Å². The Kier molecular flexibility index (Phi) is 9.61. The lowest BCUT2D eigenvalue weighted by molar-refractivity contribution is -0.117. The van der Waals surface area contributed by atoms with Crippen LogP contribution in [-0.2, 0) is 9.59 Å². The lowest BCUT2D eigenvalue weighted by Gasteiger charge is -2.02. The number of hydrogen-bond acceptors (Lipinski definition) is 2. The van der Waals surface area contributed by atoms with E-state index in [9.17, 15) is 9.59 Å². The van der Waals surface area contributed by atoms with Crippen molar-refractivity contribution in [3.63, 3.8) is 0 Å². The fraction of sp³-hybridized carbons (Fsp3) is 0.556. The van der Waals surface area contributed by atoms with Crippen molar-refractivity contribution in [2.24, 2.45) is 0 Å². The topological polar surface area (TPSA) is 34.1 Å².